The molecule has 0 aliphatic rings. The van der Waals surface area contributed by atoms with Crippen LogP contribution in [0.15, 0.2) is 30.9 Å². The van der Waals surface area contributed by atoms with Crippen molar-refractivity contribution in [3.63, 3.8) is 0 Å². The molecule has 4 heteroatoms. The summed E-state index contributed by atoms with van der Waals surface area (Å²) in [5.41, 5.74) is 1.79. The summed E-state index contributed by atoms with van der Waals surface area (Å²) in [7, 11) is 0. The van der Waals surface area contributed by atoms with E-state index in [2.05, 4.69) is 29.5 Å². The summed E-state index contributed by atoms with van der Waals surface area (Å²) in [6.45, 7) is 4.92. The molecular formula is C12H14N4. The molecule has 4 nitrogen and oxygen atoms in total. The van der Waals surface area contributed by atoms with Gasteiger partial charge in [0.05, 0.1) is 18.6 Å². The molecule has 16 heavy (non-hydrogen) atoms. The molecule has 0 aromatic carbocycles. The lowest BCUT2D eigenvalue weighted by molar-refractivity contribution is 0.561. The van der Waals surface area contributed by atoms with Crippen LogP contribution in [0.5, 0.6) is 0 Å². The Kier molecular flexibility index (Phi) is 2.78. The highest BCUT2D eigenvalue weighted by atomic mass is 15.1. The van der Waals surface area contributed by atoms with Crippen molar-refractivity contribution in [2.45, 2.75) is 26.4 Å². The van der Waals surface area contributed by atoms with Gasteiger partial charge in [-0.15, -0.1) is 0 Å². The van der Waals surface area contributed by atoms with Gasteiger partial charge in [-0.1, -0.05) is 0 Å². The predicted molar refractivity (Wildman–Crippen MR) is 60.9 cm³/mol. The summed E-state index contributed by atoms with van der Waals surface area (Å²) in [5, 5.41) is 8.92. The molecule has 2 heterocycles. The zero-order chi connectivity index (χ0) is 11.5. The van der Waals surface area contributed by atoms with E-state index < -0.39 is 0 Å². The van der Waals surface area contributed by atoms with E-state index in [1.807, 2.05) is 35.4 Å². The topological polar surface area (TPSA) is 46.5 Å². The van der Waals surface area contributed by atoms with Crippen LogP contribution in [0.2, 0.25) is 0 Å². The summed E-state index contributed by atoms with van der Waals surface area (Å²) in [6.07, 6.45) is 5.59. The van der Waals surface area contributed by atoms with Crippen LogP contribution in [0.3, 0.4) is 0 Å². The smallest absolute Gasteiger partial charge is 0.120 e. The highest BCUT2D eigenvalue weighted by molar-refractivity contribution is 5.23. The average molecular weight is 214 g/mol. The summed E-state index contributed by atoms with van der Waals surface area (Å²) in [6, 6.07) is 6.26. The molecule has 0 bridgehead atoms. The molecule has 0 spiro atoms. The Balaban J connectivity index is 2.28. The van der Waals surface area contributed by atoms with E-state index in [1.165, 1.54) is 0 Å². The van der Waals surface area contributed by atoms with Crippen molar-refractivity contribution in [1.82, 2.24) is 14.1 Å². The third-order valence-corrected chi connectivity index (χ3v) is 2.58. The van der Waals surface area contributed by atoms with E-state index >= 15 is 0 Å². The number of imidazole rings is 1. The maximum absolute atomic E-state index is 8.92. The maximum Gasteiger partial charge on any atom is 0.120 e. The molecule has 0 aliphatic carbocycles. The molecule has 2 aromatic rings. The summed E-state index contributed by atoms with van der Waals surface area (Å²) < 4.78 is 4.04. The fraction of sp³-hybridized carbons (Fsp3) is 0.333. The van der Waals surface area contributed by atoms with Crippen LogP contribution in [-0.2, 0) is 6.54 Å². The quantitative estimate of drug-likeness (QED) is 0.786. The van der Waals surface area contributed by atoms with Gasteiger partial charge in [0, 0.05) is 18.4 Å². The van der Waals surface area contributed by atoms with E-state index in [0.29, 0.717) is 18.3 Å². The van der Waals surface area contributed by atoms with Crippen LogP contribution in [-0.4, -0.2) is 14.1 Å². The van der Waals surface area contributed by atoms with E-state index in [0.717, 1.165) is 5.69 Å². The van der Waals surface area contributed by atoms with Gasteiger partial charge in [-0.25, -0.2) is 4.98 Å². The molecule has 82 valence electrons. The first kappa shape index (κ1) is 10.5. The molecule has 0 fully saturated rings. The number of nitrogens with zero attached hydrogens (tertiary/aromatic N) is 4. The monoisotopic (exact) mass is 214 g/mol. The van der Waals surface area contributed by atoms with Gasteiger partial charge in [0.2, 0.25) is 0 Å². The van der Waals surface area contributed by atoms with Crippen LogP contribution >= 0.6 is 0 Å². The molecule has 0 radical (unpaired) electrons. The van der Waals surface area contributed by atoms with Crippen molar-refractivity contribution in [2.75, 3.05) is 0 Å². The van der Waals surface area contributed by atoms with E-state index in [4.69, 9.17) is 5.26 Å². The molecule has 0 atom stereocenters. The molecule has 0 saturated carbocycles. The molecular weight excluding hydrogens is 200 g/mol. The number of aromatic nitrogens is 3. The first-order valence-electron chi connectivity index (χ1n) is 5.28. The molecule has 0 unspecified atom stereocenters. The van der Waals surface area contributed by atoms with Gasteiger partial charge in [-0.05, 0) is 26.0 Å². The van der Waals surface area contributed by atoms with Gasteiger partial charge in [0.25, 0.3) is 0 Å². The highest BCUT2D eigenvalue weighted by Crippen LogP contribution is 2.11. The third kappa shape index (κ3) is 1.84. The van der Waals surface area contributed by atoms with Crippen LogP contribution in [0.25, 0.3) is 0 Å². The Hall–Kier alpha value is -2.02. The number of rotatable bonds is 3. The summed E-state index contributed by atoms with van der Waals surface area (Å²) >= 11 is 0. The lowest BCUT2D eigenvalue weighted by Gasteiger charge is -2.12. The SMILES string of the molecule is CC(C)n1cncc1Cn1cccc1C#N. The lowest BCUT2D eigenvalue weighted by Crippen LogP contribution is -2.09. The fourth-order valence-electron chi connectivity index (χ4n) is 1.75. The largest absolute Gasteiger partial charge is 0.333 e. The van der Waals surface area contributed by atoms with Crippen molar-refractivity contribution in [3.8, 4) is 6.07 Å². The minimum atomic E-state index is 0.388. The second-order valence-electron chi connectivity index (χ2n) is 4.02. The minimum Gasteiger partial charge on any atom is -0.333 e. The Morgan fingerprint density at radius 3 is 3.00 bits per heavy atom. The van der Waals surface area contributed by atoms with E-state index in [-0.39, 0.29) is 0 Å². The zero-order valence-electron chi connectivity index (χ0n) is 9.46. The van der Waals surface area contributed by atoms with Crippen molar-refractivity contribution in [3.05, 3.63) is 42.2 Å². The highest BCUT2D eigenvalue weighted by Gasteiger charge is 2.07. The first-order chi connectivity index (χ1) is 7.72. The molecule has 2 rings (SSSR count). The standard InChI is InChI=1S/C12H14N4/c1-10(2)16-9-14-7-12(16)8-15-5-3-4-11(15)6-13/h3-5,7,9-10H,8H2,1-2H3. The number of nitriles is 1. The number of hydrogen-bond donors (Lipinski definition) is 0. The number of hydrogen-bond acceptors (Lipinski definition) is 2. The Morgan fingerprint density at radius 1 is 1.50 bits per heavy atom. The Labute approximate surface area is 94.8 Å². The van der Waals surface area contributed by atoms with E-state index in [9.17, 15) is 0 Å². The van der Waals surface area contributed by atoms with Gasteiger partial charge < -0.3 is 9.13 Å². The van der Waals surface area contributed by atoms with Crippen LogP contribution < -0.4 is 0 Å². The van der Waals surface area contributed by atoms with Crippen LogP contribution in [0, 0.1) is 11.3 Å². The molecule has 0 amide bonds. The average Bonchev–Trinajstić information content (AvgIpc) is 2.86. The molecule has 0 N–H and O–H groups in total. The molecule has 2 aromatic heterocycles. The van der Waals surface area contributed by atoms with Gasteiger partial charge in [0.1, 0.15) is 11.8 Å². The Bertz CT molecular complexity index is 513. The summed E-state index contributed by atoms with van der Waals surface area (Å²) in [4.78, 5) is 4.15. The van der Waals surface area contributed by atoms with Gasteiger partial charge >= 0.3 is 0 Å². The van der Waals surface area contributed by atoms with Crippen molar-refractivity contribution in [2.24, 2.45) is 0 Å². The van der Waals surface area contributed by atoms with Gasteiger partial charge in [0.15, 0.2) is 0 Å². The van der Waals surface area contributed by atoms with Crippen molar-refractivity contribution in [1.29, 1.82) is 5.26 Å². The van der Waals surface area contributed by atoms with Gasteiger partial charge in [-0.3, -0.25) is 0 Å². The van der Waals surface area contributed by atoms with Gasteiger partial charge in [-0.2, -0.15) is 5.26 Å². The van der Waals surface area contributed by atoms with E-state index in [1.54, 1.807) is 0 Å². The Morgan fingerprint density at radius 2 is 2.31 bits per heavy atom. The second kappa shape index (κ2) is 4.23. The fourth-order valence-corrected chi connectivity index (χ4v) is 1.75. The van der Waals surface area contributed by atoms with Crippen molar-refractivity contribution >= 4 is 0 Å². The normalized spacial score (nSPS) is 10.6. The first-order valence-corrected chi connectivity index (χ1v) is 5.28. The maximum atomic E-state index is 8.92. The van der Waals surface area contributed by atoms with Crippen LogP contribution in [0.1, 0.15) is 31.3 Å². The molecule has 0 aliphatic heterocycles. The second-order valence-corrected chi connectivity index (χ2v) is 4.02. The minimum absolute atomic E-state index is 0.388. The third-order valence-electron chi connectivity index (χ3n) is 2.58. The zero-order valence-corrected chi connectivity index (χ0v) is 9.46. The lowest BCUT2D eigenvalue weighted by atomic mass is 10.3. The predicted octanol–water partition coefficient (Wildman–Crippen LogP) is 2.19. The van der Waals surface area contributed by atoms with Crippen molar-refractivity contribution < 1.29 is 0 Å². The van der Waals surface area contributed by atoms with Crippen LogP contribution in [0.4, 0.5) is 0 Å². The molecule has 0 saturated heterocycles. The summed E-state index contributed by atoms with van der Waals surface area (Å²) in [5.74, 6) is 0.